The molecule has 0 fully saturated rings. The summed E-state index contributed by atoms with van der Waals surface area (Å²) in [5.41, 5.74) is 1.15. The van der Waals surface area contributed by atoms with E-state index < -0.39 is 0 Å². The molecule has 1 heterocycles. The highest BCUT2D eigenvalue weighted by Crippen LogP contribution is 2.15. The van der Waals surface area contributed by atoms with Gasteiger partial charge in [0.05, 0.1) is 13.2 Å². The second-order valence-electron chi connectivity index (χ2n) is 8.00. The van der Waals surface area contributed by atoms with Gasteiger partial charge >= 0.3 is 0 Å². The Bertz CT molecular complexity index is 524. The molecule has 0 saturated carbocycles. The molecular weight excluding hydrogens is 332 g/mol. The minimum absolute atomic E-state index is 0.446. The van der Waals surface area contributed by atoms with Crippen LogP contribution in [0, 0.1) is 0 Å². The molecular formula is C24H40N2O. The minimum atomic E-state index is 0.446. The Balaban J connectivity index is 1.42. The van der Waals surface area contributed by atoms with Gasteiger partial charge in [-0.1, -0.05) is 77.6 Å². The fourth-order valence-electron chi connectivity index (χ4n) is 3.57. The molecule has 3 nitrogen and oxygen atoms in total. The summed E-state index contributed by atoms with van der Waals surface area (Å²) < 4.78 is 5.88. The highest BCUT2D eigenvalue weighted by atomic mass is 16.5. The molecule has 0 spiro atoms. The quantitative estimate of drug-likeness (QED) is 0.356. The lowest BCUT2D eigenvalue weighted by Gasteiger charge is -2.09. The van der Waals surface area contributed by atoms with Gasteiger partial charge in [0.25, 0.3) is 0 Å². The van der Waals surface area contributed by atoms with Crippen molar-refractivity contribution >= 4 is 5.84 Å². The SMILES string of the molecule is CCCCCCCCCCCCCCOc1ccc(C2=NCC(C)N2)cc1. The summed E-state index contributed by atoms with van der Waals surface area (Å²) in [6.45, 7) is 6.13. The zero-order valence-electron chi connectivity index (χ0n) is 17.6. The van der Waals surface area contributed by atoms with Gasteiger partial charge in [0.15, 0.2) is 0 Å². The number of aliphatic imine (C=N–C) groups is 1. The largest absolute Gasteiger partial charge is 0.494 e. The lowest BCUT2D eigenvalue weighted by Crippen LogP contribution is -2.27. The highest BCUT2D eigenvalue weighted by molar-refractivity contribution is 6.00. The van der Waals surface area contributed by atoms with Crippen molar-refractivity contribution in [3.63, 3.8) is 0 Å². The van der Waals surface area contributed by atoms with Crippen molar-refractivity contribution in [3.05, 3.63) is 29.8 Å². The van der Waals surface area contributed by atoms with E-state index in [1.54, 1.807) is 0 Å². The maximum Gasteiger partial charge on any atom is 0.128 e. The van der Waals surface area contributed by atoms with Crippen LogP contribution in [0.3, 0.4) is 0 Å². The first-order chi connectivity index (χ1) is 13.3. The molecule has 0 radical (unpaired) electrons. The van der Waals surface area contributed by atoms with E-state index in [0.717, 1.165) is 36.7 Å². The number of benzene rings is 1. The Morgan fingerprint density at radius 1 is 0.852 bits per heavy atom. The van der Waals surface area contributed by atoms with Gasteiger partial charge in [-0.3, -0.25) is 4.99 Å². The number of hydrogen-bond acceptors (Lipinski definition) is 3. The lowest BCUT2D eigenvalue weighted by molar-refractivity contribution is 0.304. The second-order valence-corrected chi connectivity index (χ2v) is 8.00. The van der Waals surface area contributed by atoms with Gasteiger partial charge in [-0.05, 0) is 37.6 Å². The molecule has 27 heavy (non-hydrogen) atoms. The zero-order valence-corrected chi connectivity index (χ0v) is 17.6. The van der Waals surface area contributed by atoms with Crippen LogP contribution in [0.2, 0.25) is 0 Å². The lowest BCUT2D eigenvalue weighted by atomic mass is 10.1. The maximum absolute atomic E-state index is 5.88. The van der Waals surface area contributed by atoms with E-state index in [9.17, 15) is 0 Å². The molecule has 0 aliphatic carbocycles. The van der Waals surface area contributed by atoms with Crippen LogP contribution in [0.4, 0.5) is 0 Å². The molecule has 3 heteroatoms. The van der Waals surface area contributed by atoms with Crippen molar-refractivity contribution in [1.29, 1.82) is 0 Å². The molecule has 0 bridgehead atoms. The van der Waals surface area contributed by atoms with Gasteiger partial charge < -0.3 is 10.1 Å². The number of ether oxygens (including phenoxy) is 1. The minimum Gasteiger partial charge on any atom is -0.494 e. The van der Waals surface area contributed by atoms with Crippen LogP contribution in [0.1, 0.15) is 96.5 Å². The van der Waals surface area contributed by atoms with E-state index in [0.29, 0.717) is 6.04 Å². The van der Waals surface area contributed by atoms with E-state index in [1.165, 1.54) is 70.6 Å². The number of rotatable bonds is 15. The summed E-state index contributed by atoms with van der Waals surface area (Å²) in [6, 6.07) is 8.76. The van der Waals surface area contributed by atoms with Crippen molar-refractivity contribution in [2.75, 3.05) is 13.2 Å². The molecule has 0 aromatic heterocycles. The predicted octanol–water partition coefficient (Wildman–Crippen LogP) is 6.50. The first-order valence-corrected chi connectivity index (χ1v) is 11.3. The number of hydrogen-bond donors (Lipinski definition) is 1. The fraction of sp³-hybridized carbons (Fsp3) is 0.708. The van der Waals surface area contributed by atoms with E-state index in [2.05, 4.69) is 48.4 Å². The summed E-state index contributed by atoms with van der Waals surface area (Å²) in [7, 11) is 0. The van der Waals surface area contributed by atoms with Crippen LogP contribution in [0.5, 0.6) is 5.75 Å². The summed E-state index contributed by atoms with van der Waals surface area (Å²) in [5, 5.41) is 3.39. The third-order valence-electron chi connectivity index (χ3n) is 5.30. The molecule has 1 aliphatic heterocycles. The van der Waals surface area contributed by atoms with Crippen LogP contribution < -0.4 is 10.1 Å². The highest BCUT2D eigenvalue weighted by Gasteiger charge is 2.13. The van der Waals surface area contributed by atoms with Gasteiger partial charge in [0.2, 0.25) is 0 Å². The first kappa shape index (κ1) is 21.8. The van der Waals surface area contributed by atoms with Gasteiger partial charge in [0, 0.05) is 11.6 Å². The Hall–Kier alpha value is -1.51. The van der Waals surface area contributed by atoms with Crippen LogP contribution in [0.25, 0.3) is 0 Å². The molecule has 152 valence electrons. The Morgan fingerprint density at radius 3 is 1.93 bits per heavy atom. The predicted molar refractivity (Wildman–Crippen MR) is 117 cm³/mol. The van der Waals surface area contributed by atoms with Crippen molar-refractivity contribution in [3.8, 4) is 5.75 Å². The normalized spacial score (nSPS) is 16.2. The standard InChI is InChI=1S/C24H40N2O/c1-3-4-5-6-7-8-9-10-11-12-13-14-19-27-23-17-15-22(16-18-23)24-25-20-21(2)26-24/h15-18,21H,3-14,19-20H2,1-2H3,(H,25,26). The van der Waals surface area contributed by atoms with Gasteiger partial charge in [-0.2, -0.15) is 0 Å². The van der Waals surface area contributed by atoms with Crippen molar-refractivity contribution in [2.45, 2.75) is 96.9 Å². The van der Waals surface area contributed by atoms with Gasteiger partial charge in [-0.25, -0.2) is 0 Å². The Kier molecular flexibility index (Phi) is 11.0. The van der Waals surface area contributed by atoms with E-state index in [-0.39, 0.29) is 0 Å². The van der Waals surface area contributed by atoms with Crippen molar-refractivity contribution in [1.82, 2.24) is 5.32 Å². The van der Waals surface area contributed by atoms with Gasteiger partial charge in [0.1, 0.15) is 11.6 Å². The molecule has 1 unspecified atom stereocenters. The van der Waals surface area contributed by atoms with E-state index in [1.807, 2.05) is 0 Å². The molecule has 1 N–H and O–H groups in total. The number of unbranched alkanes of at least 4 members (excludes halogenated alkanes) is 11. The fourth-order valence-corrected chi connectivity index (χ4v) is 3.57. The maximum atomic E-state index is 5.88. The Morgan fingerprint density at radius 2 is 1.41 bits per heavy atom. The van der Waals surface area contributed by atoms with Crippen molar-refractivity contribution < 1.29 is 4.74 Å². The van der Waals surface area contributed by atoms with Crippen LogP contribution in [-0.4, -0.2) is 25.0 Å². The van der Waals surface area contributed by atoms with E-state index in [4.69, 9.17) is 4.74 Å². The molecule has 1 aliphatic rings. The monoisotopic (exact) mass is 372 g/mol. The second kappa shape index (κ2) is 13.6. The van der Waals surface area contributed by atoms with E-state index >= 15 is 0 Å². The Labute approximate surface area is 167 Å². The van der Waals surface area contributed by atoms with Crippen LogP contribution in [-0.2, 0) is 0 Å². The van der Waals surface area contributed by atoms with Crippen molar-refractivity contribution in [2.24, 2.45) is 4.99 Å². The number of nitrogens with zero attached hydrogens (tertiary/aromatic N) is 1. The topological polar surface area (TPSA) is 33.6 Å². The summed E-state index contributed by atoms with van der Waals surface area (Å²) >= 11 is 0. The van der Waals surface area contributed by atoms with Gasteiger partial charge in [-0.15, -0.1) is 0 Å². The third kappa shape index (κ3) is 9.30. The molecule has 1 aromatic carbocycles. The first-order valence-electron chi connectivity index (χ1n) is 11.3. The van der Waals surface area contributed by atoms with Crippen LogP contribution in [0.15, 0.2) is 29.3 Å². The molecule has 0 saturated heterocycles. The zero-order chi connectivity index (χ0) is 19.2. The molecule has 1 aromatic rings. The summed E-state index contributed by atoms with van der Waals surface area (Å²) in [4.78, 5) is 4.52. The average molecular weight is 373 g/mol. The smallest absolute Gasteiger partial charge is 0.128 e. The molecule has 0 amide bonds. The van der Waals surface area contributed by atoms with Crippen LogP contribution >= 0.6 is 0 Å². The summed E-state index contributed by atoms with van der Waals surface area (Å²) in [6.07, 6.45) is 16.5. The summed E-state index contributed by atoms with van der Waals surface area (Å²) in [5.74, 6) is 1.98. The molecule has 2 rings (SSSR count). The number of amidine groups is 1. The number of nitrogens with one attached hydrogen (secondary N) is 1. The average Bonchev–Trinajstić information content (AvgIpc) is 3.12. The molecule has 1 atom stereocenters. The third-order valence-corrected chi connectivity index (χ3v) is 5.30.